The number of aliphatic hydroxyl groups excluding tert-OH is 3. The van der Waals surface area contributed by atoms with Gasteiger partial charge in [0.2, 0.25) is 5.91 Å². The Balaban J connectivity index is 3.50. The van der Waals surface area contributed by atoms with E-state index in [4.69, 9.17) is 0 Å². The number of carbonyl (C=O) groups excluding carboxylic acids is 1. The Hall–Kier alpha value is -1.17. The number of aliphatic hydroxyl groups is 3. The van der Waals surface area contributed by atoms with Crippen LogP contribution in [0.4, 0.5) is 0 Å². The number of nitrogens with one attached hydrogen (secondary N) is 1. The minimum atomic E-state index is -1.16. The van der Waals surface area contributed by atoms with Gasteiger partial charge in [0, 0.05) is 6.42 Å². The van der Waals surface area contributed by atoms with Crippen LogP contribution in [-0.2, 0) is 4.79 Å². The van der Waals surface area contributed by atoms with Crippen LogP contribution in [0.15, 0.2) is 24.3 Å². The van der Waals surface area contributed by atoms with Crippen LogP contribution in [0, 0.1) is 0 Å². The van der Waals surface area contributed by atoms with Crippen LogP contribution < -0.4 is 5.32 Å². The number of hydrogen-bond acceptors (Lipinski definition) is 4. The summed E-state index contributed by atoms with van der Waals surface area (Å²) in [5, 5.41) is 33.8. The highest BCUT2D eigenvalue weighted by atomic mass is 16.3. The smallest absolute Gasteiger partial charge is 0.220 e. The fraction of sp³-hybridized carbons (Fsp3) is 0.922. The molecule has 0 aromatic rings. The normalized spacial score (nSPS) is 13.3. The van der Waals surface area contributed by atoms with Gasteiger partial charge in [0.05, 0.1) is 18.8 Å². The first-order valence-corrected chi connectivity index (χ1v) is 31.6. The fourth-order valence-electron chi connectivity index (χ4n) is 10.2. The van der Waals surface area contributed by atoms with Crippen molar-refractivity contribution in [3.63, 3.8) is 0 Å². The van der Waals surface area contributed by atoms with Crippen LogP contribution >= 0.6 is 0 Å². The van der Waals surface area contributed by atoms with Crippen molar-refractivity contribution in [2.45, 2.75) is 372 Å². The second kappa shape index (κ2) is 59.4. The first-order valence-electron chi connectivity index (χ1n) is 31.6. The number of carbonyl (C=O) groups is 1. The van der Waals surface area contributed by atoms with E-state index in [1.54, 1.807) is 0 Å². The van der Waals surface area contributed by atoms with Crippen LogP contribution in [-0.4, -0.2) is 46.1 Å². The van der Waals surface area contributed by atoms with E-state index in [9.17, 15) is 20.1 Å². The highest BCUT2D eigenvalue weighted by Gasteiger charge is 2.26. The minimum absolute atomic E-state index is 0.147. The molecule has 0 aliphatic rings. The van der Waals surface area contributed by atoms with Crippen LogP contribution in [0.2, 0.25) is 0 Å². The SMILES string of the molecule is CCCCCCCCCCCCCC/C=C\CCCCCCCCCCCCCCCCCCCC(=O)NC(CO)C(O)C(O)CCC/C=C/CCCCCCCCCCCCCCCCCCC. The Morgan fingerprint density at radius 1 is 0.348 bits per heavy atom. The molecule has 0 aliphatic heterocycles. The van der Waals surface area contributed by atoms with Crippen LogP contribution in [0.25, 0.3) is 0 Å². The molecule has 5 nitrogen and oxygen atoms in total. The molecule has 5 heteroatoms. The average Bonchev–Trinajstić information content (AvgIpc) is 3.35. The van der Waals surface area contributed by atoms with Crippen molar-refractivity contribution in [1.82, 2.24) is 5.32 Å². The summed E-state index contributed by atoms with van der Waals surface area (Å²) in [6, 6.07) is -0.825. The monoisotopic (exact) mass is 972 g/mol. The zero-order chi connectivity index (χ0) is 50.0. The lowest BCUT2D eigenvalue weighted by molar-refractivity contribution is -0.124. The van der Waals surface area contributed by atoms with E-state index in [0.29, 0.717) is 12.8 Å². The molecule has 0 heterocycles. The van der Waals surface area contributed by atoms with E-state index < -0.39 is 18.2 Å². The summed E-state index contributed by atoms with van der Waals surface area (Å²) in [7, 11) is 0. The van der Waals surface area contributed by atoms with Gasteiger partial charge in [-0.15, -0.1) is 0 Å². The van der Waals surface area contributed by atoms with Crippen LogP contribution in [0.5, 0.6) is 0 Å². The fourth-order valence-corrected chi connectivity index (χ4v) is 10.2. The second-order valence-corrected chi connectivity index (χ2v) is 22.0. The molecule has 3 atom stereocenters. The van der Waals surface area contributed by atoms with Crippen molar-refractivity contribution in [3.8, 4) is 0 Å². The predicted molar refractivity (Wildman–Crippen MR) is 305 cm³/mol. The molecule has 0 fully saturated rings. The van der Waals surface area contributed by atoms with Gasteiger partial charge in [0.25, 0.3) is 0 Å². The summed E-state index contributed by atoms with van der Waals surface area (Å²) in [4.78, 5) is 12.5. The molecule has 0 saturated carbocycles. The van der Waals surface area contributed by atoms with Gasteiger partial charge in [0.1, 0.15) is 6.10 Å². The highest BCUT2D eigenvalue weighted by molar-refractivity contribution is 5.76. The Labute approximate surface area is 432 Å². The van der Waals surface area contributed by atoms with Crippen molar-refractivity contribution >= 4 is 5.91 Å². The number of rotatable bonds is 59. The maximum atomic E-state index is 12.5. The van der Waals surface area contributed by atoms with Gasteiger partial charge in [-0.05, 0) is 64.2 Å². The third kappa shape index (κ3) is 54.4. The van der Waals surface area contributed by atoms with Crippen molar-refractivity contribution in [1.29, 1.82) is 0 Å². The molecule has 0 rings (SSSR count). The predicted octanol–water partition coefficient (Wildman–Crippen LogP) is 20.0. The quantitative estimate of drug-likeness (QED) is 0.0361. The molecule has 69 heavy (non-hydrogen) atoms. The molecule has 3 unspecified atom stereocenters. The topological polar surface area (TPSA) is 89.8 Å². The maximum Gasteiger partial charge on any atom is 0.220 e. The molecule has 1 amide bonds. The lowest BCUT2D eigenvalue weighted by Crippen LogP contribution is -2.50. The van der Waals surface area contributed by atoms with Gasteiger partial charge < -0.3 is 20.6 Å². The Morgan fingerprint density at radius 2 is 0.580 bits per heavy atom. The lowest BCUT2D eigenvalue weighted by atomic mass is 10.0. The van der Waals surface area contributed by atoms with Crippen molar-refractivity contribution in [3.05, 3.63) is 24.3 Å². The van der Waals surface area contributed by atoms with Crippen molar-refractivity contribution in [2.24, 2.45) is 0 Å². The first kappa shape index (κ1) is 67.8. The summed E-state index contributed by atoms with van der Waals surface area (Å²) in [6.45, 7) is 4.21. The summed E-state index contributed by atoms with van der Waals surface area (Å²) >= 11 is 0. The molecular formula is C64H125NO4. The third-order valence-corrected chi connectivity index (χ3v) is 15.0. The molecule has 0 aliphatic carbocycles. The van der Waals surface area contributed by atoms with Crippen LogP contribution in [0.3, 0.4) is 0 Å². The number of unbranched alkanes of at least 4 members (excludes halogenated alkanes) is 47. The first-order chi connectivity index (χ1) is 34.1. The maximum absolute atomic E-state index is 12.5. The largest absolute Gasteiger partial charge is 0.394 e. The summed E-state index contributed by atoms with van der Waals surface area (Å²) < 4.78 is 0. The minimum Gasteiger partial charge on any atom is -0.394 e. The Morgan fingerprint density at radius 3 is 0.841 bits per heavy atom. The third-order valence-electron chi connectivity index (χ3n) is 15.0. The Bertz CT molecular complexity index is 1030. The summed E-state index contributed by atoms with van der Waals surface area (Å²) in [5.41, 5.74) is 0. The molecule has 0 aromatic heterocycles. The molecule has 0 aromatic carbocycles. The van der Waals surface area contributed by atoms with E-state index in [0.717, 1.165) is 38.5 Å². The standard InChI is InChI=1S/C64H125NO4/c1-3-5-7-9-11-13-15-17-19-21-23-25-27-28-29-30-31-32-33-34-35-36-37-39-41-43-45-47-49-51-53-55-57-59-63(68)65-61(60-66)64(69)62(67)58-56-54-52-50-48-46-44-42-40-38-26-24-22-20-18-16-14-12-10-8-6-4-2/h28-29,50,52,61-62,64,66-67,69H,3-27,30-49,51,53-60H2,1-2H3,(H,65,68)/b29-28-,52-50+. The van der Waals surface area contributed by atoms with Gasteiger partial charge in [-0.25, -0.2) is 0 Å². The average molecular weight is 973 g/mol. The molecule has 0 saturated heterocycles. The van der Waals surface area contributed by atoms with E-state index in [1.807, 2.05) is 0 Å². The molecular weight excluding hydrogens is 847 g/mol. The zero-order valence-corrected chi connectivity index (χ0v) is 47.0. The van der Waals surface area contributed by atoms with E-state index in [1.165, 1.54) is 289 Å². The second-order valence-electron chi connectivity index (χ2n) is 22.0. The van der Waals surface area contributed by atoms with Crippen molar-refractivity contribution in [2.75, 3.05) is 6.61 Å². The van der Waals surface area contributed by atoms with Gasteiger partial charge in [-0.2, -0.15) is 0 Å². The molecule has 0 spiro atoms. The summed E-state index contributed by atoms with van der Waals surface area (Å²) in [6.07, 6.45) is 76.6. The van der Waals surface area contributed by atoms with E-state index >= 15 is 0 Å². The Kier molecular flexibility index (Phi) is 58.4. The van der Waals surface area contributed by atoms with Gasteiger partial charge in [-0.1, -0.05) is 308 Å². The van der Waals surface area contributed by atoms with Crippen molar-refractivity contribution < 1.29 is 20.1 Å². The molecule has 410 valence electrons. The number of hydrogen-bond donors (Lipinski definition) is 4. The van der Waals surface area contributed by atoms with Gasteiger partial charge in [0.15, 0.2) is 0 Å². The zero-order valence-electron chi connectivity index (χ0n) is 47.0. The number of allylic oxidation sites excluding steroid dienone is 4. The van der Waals surface area contributed by atoms with E-state index in [-0.39, 0.29) is 12.5 Å². The number of amides is 1. The highest BCUT2D eigenvalue weighted by Crippen LogP contribution is 2.18. The summed E-state index contributed by atoms with van der Waals surface area (Å²) in [5.74, 6) is -0.147. The lowest BCUT2D eigenvalue weighted by Gasteiger charge is -2.26. The van der Waals surface area contributed by atoms with Gasteiger partial charge in [-0.3, -0.25) is 4.79 Å². The van der Waals surface area contributed by atoms with E-state index in [2.05, 4.69) is 43.5 Å². The molecule has 0 bridgehead atoms. The van der Waals surface area contributed by atoms with Crippen LogP contribution in [0.1, 0.15) is 354 Å². The molecule has 4 N–H and O–H groups in total. The molecule has 0 radical (unpaired) electrons. The van der Waals surface area contributed by atoms with Gasteiger partial charge >= 0.3 is 0 Å².